The fourth-order valence-electron chi connectivity index (χ4n) is 2.95. The molecule has 0 amide bonds. The molecule has 2 heterocycles. The van der Waals surface area contributed by atoms with E-state index in [4.69, 9.17) is 5.73 Å². The Morgan fingerprint density at radius 3 is 3.05 bits per heavy atom. The number of fused-ring (bicyclic) bond motifs is 1. The van der Waals surface area contributed by atoms with Crippen LogP contribution in [0.25, 0.3) is 10.9 Å². The first-order valence-corrected chi connectivity index (χ1v) is 7.00. The summed E-state index contributed by atoms with van der Waals surface area (Å²) in [5, 5.41) is 9.51. The van der Waals surface area contributed by atoms with Crippen LogP contribution in [0.5, 0.6) is 0 Å². The van der Waals surface area contributed by atoms with E-state index in [0.717, 1.165) is 31.4 Å². The first kappa shape index (κ1) is 12.4. The molecule has 1 saturated heterocycles. The van der Waals surface area contributed by atoms with E-state index in [2.05, 4.69) is 34.2 Å². The number of anilines is 1. The lowest BCUT2D eigenvalue weighted by Gasteiger charge is -2.38. The maximum Gasteiger partial charge on any atom is 0.0950 e. The van der Waals surface area contributed by atoms with E-state index >= 15 is 0 Å². The van der Waals surface area contributed by atoms with Gasteiger partial charge in [-0.25, -0.2) is 0 Å². The minimum absolute atomic E-state index is 0.335. The minimum Gasteiger partial charge on any atom is -0.369 e. The molecule has 1 fully saturated rings. The monoisotopic (exact) mass is 256 g/mol. The molecule has 3 rings (SSSR count). The summed E-state index contributed by atoms with van der Waals surface area (Å²) >= 11 is 0. The van der Waals surface area contributed by atoms with Crippen LogP contribution in [0.1, 0.15) is 19.8 Å². The molecule has 2 atom stereocenters. The van der Waals surface area contributed by atoms with Gasteiger partial charge in [0.1, 0.15) is 0 Å². The van der Waals surface area contributed by atoms with Crippen LogP contribution >= 0.6 is 0 Å². The summed E-state index contributed by atoms with van der Waals surface area (Å²) < 4.78 is 0. The van der Waals surface area contributed by atoms with E-state index in [1.807, 2.05) is 18.3 Å². The van der Waals surface area contributed by atoms with Gasteiger partial charge in [-0.3, -0.25) is 0 Å². The Labute approximate surface area is 113 Å². The number of piperidine rings is 1. The van der Waals surface area contributed by atoms with Crippen LogP contribution in [0.2, 0.25) is 0 Å². The van der Waals surface area contributed by atoms with Crippen molar-refractivity contribution in [2.45, 2.75) is 25.8 Å². The molecular formula is C15H20N4. The zero-order valence-electron chi connectivity index (χ0n) is 11.3. The number of hydrogen-bond donors (Lipinski definition) is 1. The second-order valence-electron chi connectivity index (χ2n) is 5.31. The lowest BCUT2D eigenvalue weighted by Crippen LogP contribution is -2.47. The second-order valence-corrected chi connectivity index (χ2v) is 5.31. The fraction of sp³-hybridized carbons (Fsp3) is 0.467. The zero-order chi connectivity index (χ0) is 13.2. The summed E-state index contributed by atoms with van der Waals surface area (Å²) in [5.41, 5.74) is 8.34. The summed E-state index contributed by atoms with van der Waals surface area (Å²) in [6, 6.07) is 8.53. The number of rotatable bonds is 2. The summed E-state index contributed by atoms with van der Waals surface area (Å²) in [6.07, 6.45) is 4.06. The molecule has 100 valence electrons. The van der Waals surface area contributed by atoms with E-state index in [9.17, 15) is 0 Å². The molecule has 2 N–H and O–H groups in total. The molecular weight excluding hydrogens is 236 g/mol. The van der Waals surface area contributed by atoms with Crippen molar-refractivity contribution < 1.29 is 0 Å². The summed E-state index contributed by atoms with van der Waals surface area (Å²) in [4.78, 5) is 2.41. The van der Waals surface area contributed by atoms with Crippen LogP contribution in [-0.4, -0.2) is 29.3 Å². The van der Waals surface area contributed by atoms with Gasteiger partial charge in [0.05, 0.1) is 17.4 Å². The predicted octanol–water partition coefficient (Wildman–Crippen LogP) is 2.19. The van der Waals surface area contributed by atoms with Crippen molar-refractivity contribution in [3.8, 4) is 0 Å². The molecule has 4 heteroatoms. The number of aromatic nitrogens is 2. The molecule has 0 radical (unpaired) electrons. The third-order valence-electron chi connectivity index (χ3n) is 4.18. The number of hydrogen-bond acceptors (Lipinski definition) is 4. The molecule has 4 nitrogen and oxygen atoms in total. The van der Waals surface area contributed by atoms with Crippen LogP contribution in [-0.2, 0) is 0 Å². The lowest BCUT2D eigenvalue weighted by atomic mass is 9.90. The largest absolute Gasteiger partial charge is 0.369 e. The molecule has 0 aliphatic carbocycles. The summed E-state index contributed by atoms with van der Waals surface area (Å²) in [7, 11) is 0. The van der Waals surface area contributed by atoms with Gasteiger partial charge in [0.25, 0.3) is 0 Å². The van der Waals surface area contributed by atoms with Crippen molar-refractivity contribution in [1.82, 2.24) is 10.2 Å². The van der Waals surface area contributed by atoms with Crippen LogP contribution in [0.15, 0.2) is 30.5 Å². The SMILES string of the molecule is CCC1CN(c2cnnc3ccccc23)CCC1N. The topological polar surface area (TPSA) is 55.0 Å². The van der Waals surface area contributed by atoms with Crippen molar-refractivity contribution in [2.24, 2.45) is 11.7 Å². The Bertz CT molecular complexity index is 564. The molecule has 0 spiro atoms. The molecule has 2 aromatic rings. The van der Waals surface area contributed by atoms with E-state index in [-0.39, 0.29) is 0 Å². The van der Waals surface area contributed by atoms with E-state index in [1.165, 1.54) is 11.1 Å². The summed E-state index contributed by atoms with van der Waals surface area (Å²) in [5.74, 6) is 0.570. The van der Waals surface area contributed by atoms with Gasteiger partial charge >= 0.3 is 0 Å². The zero-order valence-corrected chi connectivity index (χ0v) is 11.3. The first-order chi connectivity index (χ1) is 9.29. The van der Waals surface area contributed by atoms with Crippen LogP contribution < -0.4 is 10.6 Å². The third kappa shape index (κ3) is 2.28. The Kier molecular flexibility index (Phi) is 3.34. The van der Waals surface area contributed by atoms with Gasteiger partial charge in [-0.05, 0) is 18.4 Å². The van der Waals surface area contributed by atoms with Crippen molar-refractivity contribution in [1.29, 1.82) is 0 Å². The van der Waals surface area contributed by atoms with Gasteiger partial charge < -0.3 is 10.6 Å². The Hall–Kier alpha value is -1.68. The van der Waals surface area contributed by atoms with Gasteiger partial charge in [0, 0.05) is 24.5 Å². The molecule has 0 saturated carbocycles. The fourth-order valence-corrected chi connectivity index (χ4v) is 2.95. The molecule has 1 aromatic heterocycles. The highest BCUT2D eigenvalue weighted by Crippen LogP contribution is 2.28. The first-order valence-electron chi connectivity index (χ1n) is 7.00. The van der Waals surface area contributed by atoms with Crippen LogP contribution in [0.4, 0.5) is 5.69 Å². The van der Waals surface area contributed by atoms with E-state index in [0.29, 0.717) is 12.0 Å². The van der Waals surface area contributed by atoms with Crippen molar-refractivity contribution >= 4 is 16.6 Å². The lowest BCUT2D eigenvalue weighted by molar-refractivity contribution is 0.348. The predicted molar refractivity (Wildman–Crippen MR) is 78.1 cm³/mol. The standard InChI is InChI=1S/C15H20N4/c1-2-11-10-19(8-7-13(11)16)15-9-17-18-14-6-4-3-5-12(14)15/h3-6,9,11,13H,2,7-8,10,16H2,1H3. The van der Waals surface area contributed by atoms with Crippen LogP contribution in [0, 0.1) is 5.92 Å². The second kappa shape index (κ2) is 5.13. The normalized spacial score (nSPS) is 23.8. The molecule has 0 bridgehead atoms. The highest BCUT2D eigenvalue weighted by atomic mass is 15.2. The van der Waals surface area contributed by atoms with E-state index in [1.54, 1.807) is 0 Å². The highest BCUT2D eigenvalue weighted by Gasteiger charge is 2.26. The average molecular weight is 256 g/mol. The smallest absolute Gasteiger partial charge is 0.0950 e. The molecule has 1 aliphatic rings. The van der Waals surface area contributed by atoms with Crippen molar-refractivity contribution in [3.63, 3.8) is 0 Å². The average Bonchev–Trinajstić information content (AvgIpc) is 2.47. The highest BCUT2D eigenvalue weighted by molar-refractivity contribution is 5.90. The summed E-state index contributed by atoms with van der Waals surface area (Å²) in [6.45, 7) is 4.25. The maximum absolute atomic E-state index is 6.19. The van der Waals surface area contributed by atoms with Gasteiger partial charge in [-0.2, -0.15) is 10.2 Å². The van der Waals surface area contributed by atoms with E-state index < -0.39 is 0 Å². The molecule has 19 heavy (non-hydrogen) atoms. The minimum atomic E-state index is 0.335. The Morgan fingerprint density at radius 1 is 1.37 bits per heavy atom. The Balaban J connectivity index is 1.96. The number of nitrogens with two attached hydrogens (primary N) is 1. The quantitative estimate of drug-likeness (QED) is 0.895. The number of nitrogens with zero attached hydrogens (tertiary/aromatic N) is 3. The van der Waals surface area contributed by atoms with Gasteiger partial charge in [-0.15, -0.1) is 0 Å². The Morgan fingerprint density at radius 2 is 2.21 bits per heavy atom. The third-order valence-corrected chi connectivity index (χ3v) is 4.18. The molecule has 1 aromatic carbocycles. The van der Waals surface area contributed by atoms with Crippen molar-refractivity contribution in [3.05, 3.63) is 30.5 Å². The molecule has 1 aliphatic heterocycles. The van der Waals surface area contributed by atoms with Crippen LogP contribution in [0.3, 0.4) is 0 Å². The van der Waals surface area contributed by atoms with Gasteiger partial charge in [0.15, 0.2) is 0 Å². The van der Waals surface area contributed by atoms with Gasteiger partial charge in [0.2, 0.25) is 0 Å². The molecule has 2 unspecified atom stereocenters. The van der Waals surface area contributed by atoms with Crippen molar-refractivity contribution in [2.75, 3.05) is 18.0 Å². The maximum atomic E-state index is 6.19. The number of benzene rings is 1. The van der Waals surface area contributed by atoms with Gasteiger partial charge in [-0.1, -0.05) is 31.5 Å².